The molecular formula is C17H27FN2O. The summed E-state index contributed by atoms with van der Waals surface area (Å²) in [5.41, 5.74) is 2.72. The first-order valence-corrected chi connectivity index (χ1v) is 7.99. The molecule has 0 aromatic heterocycles. The van der Waals surface area contributed by atoms with Gasteiger partial charge < -0.3 is 15.3 Å². The predicted octanol–water partition coefficient (Wildman–Crippen LogP) is 3.16. The first-order chi connectivity index (χ1) is 10.1. The van der Waals surface area contributed by atoms with E-state index in [1.807, 2.05) is 6.07 Å². The highest BCUT2D eigenvalue weighted by Gasteiger charge is 2.26. The van der Waals surface area contributed by atoms with Crippen LogP contribution in [0.15, 0.2) is 12.1 Å². The molecule has 0 aliphatic carbocycles. The van der Waals surface area contributed by atoms with Gasteiger partial charge in [0.25, 0.3) is 0 Å². The van der Waals surface area contributed by atoms with Gasteiger partial charge in [-0.15, -0.1) is 0 Å². The predicted molar refractivity (Wildman–Crippen MR) is 85.3 cm³/mol. The highest BCUT2D eigenvalue weighted by Crippen LogP contribution is 2.33. The van der Waals surface area contributed by atoms with Crippen LogP contribution in [0.3, 0.4) is 0 Å². The number of aliphatic hydroxyl groups is 1. The van der Waals surface area contributed by atoms with Crippen molar-refractivity contribution in [2.75, 3.05) is 24.6 Å². The second kappa shape index (κ2) is 7.23. The molecule has 0 amide bonds. The van der Waals surface area contributed by atoms with Crippen molar-refractivity contribution in [2.24, 2.45) is 0 Å². The zero-order valence-electron chi connectivity index (χ0n) is 13.3. The molecular weight excluding hydrogens is 267 g/mol. The summed E-state index contributed by atoms with van der Waals surface area (Å²) in [6.07, 6.45) is 3.28. The fraction of sp³-hybridized carbons (Fsp3) is 0.647. The van der Waals surface area contributed by atoms with Crippen LogP contribution < -0.4 is 10.2 Å². The topological polar surface area (TPSA) is 35.5 Å². The summed E-state index contributed by atoms with van der Waals surface area (Å²) in [6.45, 7) is 7.86. The molecule has 4 heteroatoms. The molecule has 2 atom stereocenters. The smallest absolute Gasteiger partial charge is 0.126 e. The Morgan fingerprint density at radius 2 is 2.19 bits per heavy atom. The van der Waals surface area contributed by atoms with E-state index in [0.29, 0.717) is 5.56 Å². The minimum atomic E-state index is -0.156. The first-order valence-electron chi connectivity index (χ1n) is 7.99. The largest absolute Gasteiger partial charge is 0.394 e. The van der Waals surface area contributed by atoms with Gasteiger partial charge in [-0.1, -0.05) is 6.92 Å². The van der Waals surface area contributed by atoms with Crippen LogP contribution in [0.2, 0.25) is 0 Å². The maximum Gasteiger partial charge on any atom is 0.126 e. The summed E-state index contributed by atoms with van der Waals surface area (Å²) in [4.78, 5) is 2.26. The zero-order chi connectivity index (χ0) is 15.4. The quantitative estimate of drug-likeness (QED) is 0.875. The van der Waals surface area contributed by atoms with Gasteiger partial charge in [-0.3, -0.25) is 0 Å². The fourth-order valence-electron chi connectivity index (χ4n) is 3.20. The van der Waals surface area contributed by atoms with Crippen molar-refractivity contribution in [1.82, 2.24) is 5.32 Å². The number of anilines is 1. The molecule has 1 aromatic carbocycles. The highest BCUT2D eigenvalue weighted by molar-refractivity contribution is 5.58. The van der Waals surface area contributed by atoms with E-state index in [2.05, 4.69) is 24.1 Å². The first kappa shape index (κ1) is 16.2. The maximum atomic E-state index is 14.0. The van der Waals surface area contributed by atoms with Crippen LogP contribution in [0.25, 0.3) is 0 Å². The van der Waals surface area contributed by atoms with Gasteiger partial charge in [0.15, 0.2) is 0 Å². The molecule has 1 aliphatic heterocycles. The van der Waals surface area contributed by atoms with E-state index < -0.39 is 0 Å². The SMILES string of the molecule is CCNC(C)c1cc(F)c(C)cc1N1CCCCC1CO. The number of hydrogen-bond donors (Lipinski definition) is 2. The van der Waals surface area contributed by atoms with Crippen molar-refractivity contribution in [1.29, 1.82) is 0 Å². The van der Waals surface area contributed by atoms with Crippen molar-refractivity contribution < 1.29 is 9.50 Å². The zero-order valence-corrected chi connectivity index (χ0v) is 13.3. The Hall–Kier alpha value is -1.13. The third kappa shape index (κ3) is 3.55. The molecule has 1 aromatic rings. The van der Waals surface area contributed by atoms with E-state index in [1.54, 1.807) is 13.0 Å². The molecule has 2 N–H and O–H groups in total. The molecule has 118 valence electrons. The lowest BCUT2D eigenvalue weighted by atomic mass is 9.96. The Kier molecular flexibility index (Phi) is 5.59. The normalized spacial score (nSPS) is 20.6. The average Bonchev–Trinajstić information content (AvgIpc) is 2.49. The van der Waals surface area contributed by atoms with Gasteiger partial charge in [-0.05, 0) is 62.9 Å². The van der Waals surface area contributed by atoms with Crippen molar-refractivity contribution >= 4 is 5.69 Å². The Morgan fingerprint density at radius 1 is 1.43 bits per heavy atom. The number of nitrogens with one attached hydrogen (secondary N) is 1. The lowest BCUT2D eigenvalue weighted by Gasteiger charge is -2.38. The lowest BCUT2D eigenvalue weighted by Crippen LogP contribution is -2.42. The number of piperidine rings is 1. The van der Waals surface area contributed by atoms with Crippen LogP contribution in [0, 0.1) is 12.7 Å². The Morgan fingerprint density at radius 3 is 2.86 bits per heavy atom. The summed E-state index contributed by atoms with van der Waals surface area (Å²) in [5.74, 6) is -0.156. The second-order valence-electron chi connectivity index (χ2n) is 5.97. The summed E-state index contributed by atoms with van der Waals surface area (Å²) in [7, 11) is 0. The monoisotopic (exact) mass is 294 g/mol. The van der Waals surface area contributed by atoms with E-state index in [1.165, 1.54) is 0 Å². The lowest BCUT2D eigenvalue weighted by molar-refractivity contribution is 0.240. The van der Waals surface area contributed by atoms with E-state index >= 15 is 0 Å². The summed E-state index contributed by atoms with van der Waals surface area (Å²) < 4.78 is 14.0. The second-order valence-corrected chi connectivity index (χ2v) is 5.97. The summed E-state index contributed by atoms with van der Waals surface area (Å²) >= 11 is 0. The fourth-order valence-corrected chi connectivity index (χ4v) is 3.20. The van der Waals surface area contributed by atoms with Gasteiger partial charge in [0.2, 0.25) is 0 Å². The number of halogens is 1. The van der Waals surface area contributed by atoms with Crippen molar-refractivity contribution in [3.05, 3.63) is 29.1 Å². The highest BCUT2D eigenvalue weighted by atomic mass is 19.1. The molecule has 0 spiro atoms. The Labute approximate surface area is 127 Å². The third-order valence-corrected chi connectivity index (χ3v) is 4.43. The van der Waals surface area contributed by atoms with Crippen molar-refractivity contribution in [3.63, 3.8) is 0 Å². The molecule has 1 aliphatic rings. The van der Waals surface area contributed by atoms with E-state index in [9.17, 15) is 9.50 Å². The van der Waals surface area contributed by atoms with Crippen LogP contribution >= 0.6 is 0 Å². The van der Waals surface area contributed by atoms with Crippen LogP contribution in [-0.2, 0) is 0 Å². The minimum Gasteiger partial charge on any atom is -0.394 e. The molecule has 0 radical (unpaired) electrons. The molecule has 1 heterocycles. The average molecular weight is 294 g/mol. The van der Waals surface area contributed by atoms with Gasteiger partial charge >= 0.3 is 0 Å². The van der Waals surface area contributed by atoms with Crippen LogP contribution in [0.1, 0.15) is 50.3 Å². The number of aryl methyl sites for hydroxylation is 1. The number of nitrogens with zero attached hydrogens (tertiary/aromatic N) is 1. The number of rotatable bonds is 5. The van der Waals surface area contributed by atoms with Crippen LogP contribution in [0.5, 0.6) is 0 Å². The van der Waals surface area contributed by atoms with Crippen molar-refractivity contribution in [3.8, 4) is 0 Å². The molecule has 21 heavy (non-hydrogen) atoms. The van der Waals surface area contributed by atoms with E-state index in [4.69, 9.17) is 0 Å². The van der Waals surface area contributed by atoms with Gasteiger partial charge in [-0.25, -0.2) is 4.39 Å². The van der Waals surface area contributed by atoms with E-state index in [0.717, 1.165) is 43.6 Å². The standard InChI is InChI=1S/C17H27FN2O/c1-4-19-13(3)15-10-16(18)12(2)9-17(15)20-8-6-5-7-14(20)11-21/h9-10,13-14,19,21H,4-8,11H2,1-3H3. The number of hydrogen-bond acceptors (Lipinski definition) is 3. The molecule has 1 saturated heterocycles. The molecule has 3 nitrogen and oxygen atoms in total. The summed E-state index contributed by atoms with van der Waals surface area (Å²) in [5, 5.41) is 13.0. The van der Waals surface area contributed by atoms with Crippen LogP contribution in [0.4, 0.5) is 10.1 Å². The Balaban J connectivity index is 2.42. The van der Waals surface area contributed by atoms with E-state index in [-0.39, 0.29) is 24.5 Å². The van der Waals surface area contributed by atoms with Gasteiger partial charge in [0.1, 0.15) is 5.82 Å². The molecule has 0 saturated carbocycles. The number of aliphatic hydroxyl groups excluding tert-OH is 1. The molecule has 0 bridgehead atoms. The molecule has 2 unspecified atom stereocenters. The van der Waals surface area contributed by atoms with Crippen LogP contribution in [-0.4, -0.2) is 30.8 Å². The minimum absolute atomic E-state index is 0.0985. The van der Waals surface area contributed by atoms with Crippen molar-refractivity contribution in [2.45, 2.75) is 52.1 Å². The summed E-state index contributed by atoms with van der Waals surface area (Å²) in [6, 6.07) is 3.84. The molecule has 2 rings (SSSR count). The maximum absolute atomic E-state index is 14.0. The molecule has 1 fully saturated rings. The van der Waals surface area contributed by atoms with Gasteiger partial charge in [0, 0.05) is 18.3 Å². The third-order valence-electron chi connectivity index (χ3n) is 4.43. The number of benzene rings is 1. The van der Waals surface area contributed by atoms with Gasteiger partial charge in [0.05, 0.1) is 12.6 Å². The Bertz CT molecular complexity index is 478. The van der Waals surface area contributed by atoms with Gasteiger partial charge in [-0.2, -0.15) is 0 Å².